The molecular formula is C4H8F3OP. The highest BCUT2D eigenvalue weighted by Gasteiger charge is 2.48. The Morgan fingerprint density at radius 1 is 1.44 bits per heavy atom. The van der Waals surface area contributed by atoms with E-state index in [1.807, 2.05) is 9.24 Å². The van der Waals surface area contributed by atoms with E-state index in [0.29, 0.717) is 0 Å². The first-order chi connectivity index (χ1) is 3.81. The van der Waals surface area contributed by atoms with E-state index in [-0.39, 0.29) is 0 Å². The third kappa shape index (κ3) is 2.11. The highest BCUT2D eigenvalue weighted by atomic mass is 31.0. The van der Waals surface area contributed by atoms with E-state index in [1.54, 1.807) is 0 Å². The number of hydrogen-bond acceptors (Lipinski definition) is 1. The zero-order valence-electron chi connectivity index (χ0n) is 4.87. The molecule has 0 amide bonds. The van der Waals surface area contributed by atoms with Crippen LogP contribution in [-0.2, 0) is 0 Å². The van der Waals surface area contributed by atoms with Gasteiger partial charge in [-0.15, -0.1) is 9.24 Å². The molecular weight excluding hydrogens is 152 g/mol. The van der Waals surface area contributed by atoms with Crippen LogP contribution in [0.2, 0.25) is 0 Å². The van der Waals surface area contributed by atoms with Gasteiger partial charge in [-0.2, -0.15) is 13.2 Å². The van der Waals surface area contributed by atoms with Gasteiger partial charge in [0.1, 0.15) is 0 Å². The average Bonchev–Trinajstić information content (AvgIpc) is 1.64. The molecule has 0 aromatic rings. The largest absolute Gasteiger partial charge is 0.417 e. The summed E-state index contributed by atoms with van der Waals surface area (Å²) in [6, 6.07) is 0. The van der Waals surface area contributed by atoms with Crippen molar-refractivity contribution in [2.24, 2.45) is 0 Å². The lowest BCUT2D eigenvalue weighted by molar-refractivity contribution is -0.243. The molecule has 0 fully saturated rings. The van der Waals surface area contributed by atoms with E-state index in [1.165, 1.54) is 0 Å². The molecule has 1 nitrogen and oxygen atoms in total. The van der Waals surface area contributed by atoms with Gasteiger partial charge in [-0.3, -0.25) is 0 Å². The molecule has 9 heavy (non-hydrogen) atoms. The first kappa shape index (κ1) is 9.18. The minimum atomic E-state index is -4.52. The number of halogens is 3. The lowest BCUT2D eigenvalue weighted by Crippen LogP contribution is -2.43. The van der Waals surface area contributed by atoms with Gasteiger partial charge in [0, 0.05) is 0 Å². The van der Waals surface area contributed by atoms with E-state index in [0.717, 1.165) is 6.92 Å². The van der Waals surface area contributed by atoms with Gasteiger partial charge in [0.05, 0.1) is 0 Å². The van der Waals surface area contributed by atoms with Crippen molar-refractivity contribution in [3.63, 3.8) is 0 Å². The maximum Gasteiger partial charge on any atom is 0.417 e. The van der Waals surface area contributed by atoms with Crippen LogP contribution in [0.1, 0.15) is 6.92 Å². The second kappa shape index (κ2) is 2.43. The van der Waals surface area contributed by atoms with Crippen molar-refractivity contribution in [2.45, 2.75) is 18.7 Å². The van der Waals surface area contributed by atoms with Crippen LogP contribution in [0.5, 0.6) is 0 Å². The van der Waals surface area contributed by atoms with Gasteiger partial charge in [-0.05, 0) is 13.1 Å². The smallest absolute Gasteiger partial charge is 0.380 e. The molecule has 1 unspecified atom stereocenters. The van der Waals surface area contributed by atoms with E-state index in [2.05, 4.69) is 0 Å². The van der Waals surface area contributed by atoms with E-state index >= 15 is 0 Å². The van der Waals surface area contributed by atoms with Gasteiger partial charge in [-0.1, -0.05) is 0 Å². The zero-order valence-corrected chi connectivity index (χ0v) is 6.02. The minimum absolute atomic E-state index is 0.392. The van der Waals surface area contributed by atoms with Crippen LogP contribution < -0.4 is 0 Å². The lowest BCUT2D eigenvalue weighted by Gasteiger charge is -2.23. The molecule has 0 aliphatic rings. The van der Waals surface area contributed by atoms with Crippen molar-refractivity contribution in [1.82, 2.24) is 0 Å². The zero-order chi connectivity index (χ0) is 7.71. The van der Waals surface area contributed by atoms with Gasteiger partial charge in [0.15, 0.2) is 5.60 Å². The SMILES string of the molecule is C[C@](O)(CP)C(F)(F)F. The molecule has 0 bridgehead atoms. The Hall–Kier alpha value is 0.180. The van der Waals surface area contributed by atoms with Gasteiger partial charge < -0.3 is 5.11 Å². The van der Waals surface area contributed by atoms with Crippen molar-refractivity contribution in [2.75, 3.05) is 6.16 Å². The molecule has 0 heterocycles. The lowest BCUT2D eigenvalue weighted by atomic mass is 10.1. The van der Waals surface area contributed by atoms with Crippen LogP contribution in [0.15, 0.2) is 0 Å². The van der Waals surface area contributed by atoms with Crippen LogP contribution in [0.4, 0.5) is 13.2 Å². The fraction of sp³-hybridized carbons (Fsp3) is 1.00. The summed E-state index contributed by atoms with van der Waals surface area (Å²) in [5.41, 5.74) is -2.56. The second-order valence-electron chi connectivity index (χ2n) is 1.98. The van der Waals surface area contributed by atoms with Crippen LogP contribution >= 0.6 is 9.24 Å². The predicted octanol–water partition coefficient (Wildman–Crippen LogP) is 1.17. The second-order valence-corrected chi connectivity index (χ2v) is 2.38. The first-order valence-electron chi connectivity index (χ1n) is 2.30. The van der Waals surface area contributed by atoms with E-state index in [4.69, 9.17) is 5.11 Å². The third-order valence-electron chi connectivity index (χ3n) is 1.01. The minimum Gasteiger partial charge on any atom is -0.380 e. The number of hydrogen-bond donors (Lipinski definition) is 1. The normalized spacial score (nSPS) is 19.3. The van der Waals surface area contributed by atoms with Crippen LogP contribution in [-0.4, -0.2) is 23.0 Å². The van der Waals surface area contributed by atoms with E-state index in [9.17, 15) is 13.2 Å². The Bertz CT molecular complexity index is 98.5. The summed E-state index contributed by atoms with van der Waals surface area (Å²) in [6.45, 7) is 0.736. The molecule has 0 saturated heterocycles. The molecule has 0 aliphatic carbocycles. The van der Waals surface area contributed by atoms with Gasteiger partial charge in [0.25, 0.3) is 0 Å². The quantitative estimate of drug-likeness (QED) is 0.571. The van der Waals surface area contributed by atoms with Crippen molar-refractivity contribution < 1.29 is 18.3 Å². The topological polar surface area (TPSA) is 20.2 Å². The van der Waals surface area contributed by atoms with Gasteiger partial charge in [-0.25, -0.2) is 0 Å². The summed E-state index contributed by atoms with van der Waals surface area (Å²) < 4.78 is 34.7. The standard InChI is InChI=1S/C4H8F3OP/c1-3(8,2-9)4(5,6)7/h8H,2,9H2,1H3/t3-/m0/s1. The molecule has 2 atom stereocenters. The van der Waals surface area contributed by atoms with E-state index < -0.39 is 17.9 Å². The van der Waals surface area contributed by atoms with Crippen LogP contribution in [0.3, 0.4) is 0 Å². The molecule has 0 aromatic carbocycles. The molecule has 0 rings (SSSR count). The van der Waals surface area contributed by atoms with Crippen molar-refractivity contribution in [3.8, 4) is 0 Å². The molecule has 0 aromatic heterocycles. The number of alkyl halides is 3. The summed E-state index contributed by atoms with van der Waals surface area (Å²) in [5.74, 6) is 0. The summed E-state index contributed by atoms with van der Waals surface area (Å²) in [5, 5.41) is 8.51. The number of rotatable bonds is 1. The highest BCUT2D eigenvalue weighted by molar-refractivity contribution is 7.16. The third-order valence-corrected chi connectivity index (χ3v) is 1.80. The van der Waals surface area contributed by atoms with Gasteiger partial charge >= 0.3 is 6.18 Å². The Morgan fingerprint density at radius 3 is 1.78 bits per heavy atom. The Balaban J connectivity index is 4.14. The van der Waals surface area contributed by atoms with Crippen molar-refractivity contribution in [1.29, 1.82) is 0 Å². The maximum absolute atomic E-state index is 11.6. The molecule has 0 spiro atoms. The highest BCUT2D eigenvalue weighted by Crippen LogP contribution is 2.30. The average molecular weight is 160 g/mol. The predicted molar refractivity (Wildman–Crippen MR) is 31.3 cm³/mol. The Labute approximate surface area is 53.5 Å². The molecule has 0 aliphatic heterocycles. The molecule has 0 radical (unpaired) electrons. The van der Waals surface area contributed by atoms with Gasteiger partial charge in [0.2, 0.25) is 0 Å². The van der Waals surface area contributed by atoms with Crippen molar-refractivity contribution in [3.05, 3.63) is 0 Å². The molecule has 0 saturated carbocycles. The molecule has 5 heteroatoms. The first-order valence-corrected chi connectivity index (χ1v) is 3.12. The Morgan fingerprint density at radius 2 is 1.78 bits per heavy atom. The Kier molecular flexibility index (Phi) is 2.48. The summed E-state index contributed by atoms with van der Waals surface area (Å²) >= 11 is 0. The maximum atomic E-state index is 11.6. The monoisotopic (exact) mass is 160 g/mol. The fourth-order valence-electron chi connectivity index (χ4n) is 0.116. The summed E-state index contributed by atoms with van der Waals surface area (Å²) in [7, 11) is 1.84. The van der Waals surface area contributed by atoms with Crippen molar-refractivity contribution >= 4 is 9.24 Å². The van der Waals surface area contributed by atoms with Crippen LogP contribution in [0, 0.1) is 0 Å². The molecule has 56 valence electrons. The number of aliphatic hydroxyl groups is 1. The summed E-state index contributed by atoms with van der Waals surface area (Å²) in [6.07, 6.45) is -4.91. The van der Waals surface area contributed by atoms with Crippen LogP contribution in [0.25, 0.3) is 0 Å². The fourth-order valence-corrected chi connectivity index (χ4v) is 0.347. The molecule has 1 N–H and O–H groups in total. The summed E-state index contributed by atoms with van der Waals surface area (Å²) in [4.78, 5) is 0.